The van der Waals surface area contributed by atoms with Gasteiger partial charge in [-0.15, -0.1) is 0 Å². The molecule has 0 spiro atoms. The number of hydrogen-bond acceptors (Lipinski definition) is 2. The Bertz CT molecular complexity index is 1060. The van der Waals surface area contributed by atoms with E-state index >= 15 is 0 Å². The molecule has 0 saturated carbocycles. The van der Waals surface area contributed by atoms with Crippen LogP contribution in [0.5, 0.6) is 5.75 Å². The summed E-state index contributed by atoms with van der Waals surface area (Å²) in [5, 5.41) is 1.09. The van der Waals surface area contributed by atoms with Crippen LogP contribution in [0.15, 0.2) is 78.9 Å². The van der Waals surface area contributed by atoms with Crippen molar-refractivity contribution in [1.29, 1.82) is 0 Å². The number of ether oxygens (including phenoxy) is 1. The highest BCUT2D eigenvalue weighted by Gasteiger charge is 2.37. The topological polar surface area (TPSA) is 42.1 Å². The summed E-state index contributed by atoms with van der Waals surface area (Å²) in [4.78, 5) is 16.0. The molecule has 1 atom stereocenters. The molecule has 0 radical (unpaired) electrons. The van der Waals surface area contributed by atoms with Crippen LogP contribution in [-0.4, -0.2) is 11.0 Å². The molecule has 0 saturated heterocycles. The van der Waals surface area contributed by atoms with Crippen LogP contribution >= 0.6 is 0 Å². The van der Waals surface area contributed by atoms with Crippen molar-refractivity contribution in [2.75, 3.05) is 0 Å². The lowest BCUT2D eigenvalue weighted by molar-refractivity contribution is -0.133. The average Bonchev–Trinajstić information content (AvgIpc) is 3.21. The summed E-state index contributed by atoms with van der Waals surface area (Å²) in [6.07, 6.45) is 0. The van der Waals surface area contributed by atoms with Gasteiger partial charge < -0.3 is 9.72 Å². The molecule has 0 amide bonds. The number of rotatable bonds is 2. The Morgan fingerprint density at radius 3 is 2.48 bits per heavy atom. The van der Waals surface area contributed by atoms with Gasteiger partial charge in [0.15, 0.2) is 0 Å². The first-order chi connectivity index (χ1) is 12.3. The molecule has 3 aromatic carbocycles. The molecular formula is C22H15NO2. The molecule has 5 rings (SSSR count). The first-order valence-electron chi connectivity index (χ1n) is 8.29. The maximum atomic E-state index is 12.6. The summed E-state index contributed by atoms with van der Waals surface area (Å²) in [5.74, 6) is -0.0150. The second kappa shape index (κ2) is 5.35. The molecular weight excluding hydrogens is 310 g/mol. The third-order valence-electron chi connectivity index (χ3n) is 4.75. The fraction of sp³-hybridized carbons (Fsp3) is 0.0455. The first-order valence-corrected chi connectivity index (χ1v) is 8.29. The number of carbonyl (C=O) groups is 1. The Morgan fingerprint density at radius 2 is 1.64 bits per heavy atom. The highest BCUT2D eigenvalue weighted by atomic mass is 16.5. The number of aromatic nitrogens is 1. The first kappa shape index (κ1) is 14.1. The summed E-state index contributed by atoms with van der Waals surface area (Å²) >= 11 is 0. The van der Waals surface area contributed by atoms with Crippen LogP contribution in [-0.2, 0) is 4.79 Å². The van der Waals surface area contributed by atoms with Gasteiger partial charge in [-0.05, 0) is 34.7 Å². The van der Waals surface area contributed by atoms with Crippen molar-refractivity contribution >= 4 is 16.9 Å². The van der Waals surface area contributed by atoms with E-state index in [9.17, 15) is 4.79 Å². The Morgan fingerprint density at radius 1 is 0.840 bits per heavy atom. The number of benzene rings is 3. The standard InChI is InChI=1S/C22H15NO2/c24-22-21(18-13-15-9-4-5-11-17(15)23-18)20-16(10-6-12-19(20)25-22)14-7-2-1-3-8-14/h1-13,21,23H. The van der Waals surface area contributed by atoms with E-state index in [0.29, 0.717) is 5.75 Å². The maximum Gasteiger partial charge on any atom is 0.325 e. The van der Waals surface area contributed by atoms with Gasteiger partial charge in [0.05, 0.1) is 0 Å². The predicted octanol–water partition coefficient (Wildman–Crippen LogP) is 4.89. The van der Waals surface area contributed by atoms with Crippen molar-refractivity contribution in [2.45, 2.75) is 5.92 Å². The van der Waals surface area contributed by atoms with E-state index in [1.165, 1.54) is 0 Å². The quantitative estimate of drug-likeness (QED) is 0.421. The number of nitrogens with one attached hydrogen (secondary N) is 1. The maximum absolute atomic E-state index is 12.6. The zero-order chi connectivity index (χ0) is 16.8. The lowest BCUT2D eigenvalue weighted by atomic mass is 9.89. The molecule has 1 aliphatic rings. The fourth-order valence-corrected chi connectivity index (χ4v) is 3.62. The van der Waals surface area contributed by atoms with E-state index in [4.69, 9.17) is 4.74 Å². The van der Waals surface area contributed by atoms with Crippen LogP contribution < -0.4 is 4.74 Å². The summed E-state index contributed by atoms with van der Waals surface area (Å²) in [6, 6.07) is 26.0. The van der Waals surface area contributed by atoms with E-state index in [2.05, 4.69) is 17.1 Å². The summed E-state index contributed by atoms with van der Waals surface area (Å²) in [5.41, 5.74) is 4.95. The van der Waals surface area contributed by atoms with Gasteiger partial charge >= 0.3 is 5.97 Å². The molecule has 0 bridgehead atoms. The molecule has 0 aliphatic carbocycles. The minimum Gasteiger partial charge on any atom is -0.425 e. The van der Waals surface area contributed by atoms with Crippen molar-refractivity contribution in [2.24, 2.45) is 0 Å². The number of para-hydroxylation sites is 1. The van der Waals surface area contributed by atoms with Crippen molar-refractivity contribution in [3.8, 4) is 16.9 Å². The number of carbonyl (C=O) groups excluding carboxylic acids is 1. The van der Waals surface area contributed by atoms with Crippen LogP contribution in [0.3, 0.4) is 0 Å². The third kappa shape index (κ3) is 2.17. The van der Waals surface area contributed by atoms with Crippen LogP contribution in [0.25, 0.3) is 22.0 Å². The number of esters is 1. The van der Waals surface area contributed by atoms with Gasteiger partial charge in [0.25, 0.3) is 0 Å². The highest BCUT2D eigenvalue weighted by molar-refractivity contribution is 5.94. The monoisotopic (exact) mass is 325 g/mol. The average molecular weight is 325 g/mol. The van der Waals surface area contributed by atoms with E-state index < -0.39 is 5.92 Å². The van der Waals surface area contributed by atoms with Gasteiger partial charge in [-0.3, -0.25) is 4.79 Å². The molecule has 4 aromatic rings. The molecule has 120 valence electrons. The zero-order valence-corrected chi connectivity index (χ0v) is 13.4. The summed E-state index contributed by atoms with van der Waals surface area (Å²) in [6.45, 7) is 0. The second-order valence-electron chi connectivity index (χ2n) is 6.25. The van der Waals surface area contributed by atoms with Gasteiger partial charge in [-0.2, -0.15) is 0 Å². The molecule has 1 unspecified atom stereocenters. The van der Waals surface area contributed by atoms with Crippen molar-refractivity contribution in [1.82, 2.24) is 4.98 Å². The van der Waals surface area contributed by atoms with Crippen LogP contribution in [0, 0.1) is 0 Å². The largest absolute Gasteiger partial charge is 0.425 e. The summed E-state index contributed by atoms with van der Waals surface area (Å²) in [7, 11) is 0. The van der Waals surface area contributed by atoms with Crippen molar-refractivity contribution < 1.29 is 9.53 Å². The van der Waals surface area contributed by atoms with E-state index in [1.54, 1.807) is 0 Å². The molecule has 1 N–H and O–H groups in total. The Balaban J connectivity index is 1.73. The van der Waals surface area contributed by atoms with E-state index in [0.717, 1.165) is 33.3 Å². The number of aromatic amines is 1. The Kier molecular flexibility index (Phi) is 3.01. The molecule has 0 fully saturated rings. The predicted molar refractivity (Wildman–Crippen MR) is 97.7 cm³/mol. The molecule has 1 aliphatic heterocycles. The molecule has 2 heterocycles. The lowest BCUT2D eigenvalue weighted by Gasteiger charge is -2.11. The smallest absolute Gasteiger partial charge is 0.325 e. The minimum atomic E-state index is -0.432. The Hall–Kier alpha value is -3.33. The zero-order valence-electron chi connectivity index (χ0n) is 13.4. The third-order valence-corrected chi connectivity index (χ3v) is 4.75. The molecule has 3 nitrogen and oxygen atoms in total. The lowest BCUT2D eigenvalue weighted by Crippen LogP contribution is -2.12. The normalized spacial score (nSPS) is 16.0. The van der Waals surface area contributed by atoms with Crippen LogP contribution in [0.2, 0.25) is 0 Å². The Labute approximate surface area is 144 Å². The minimum absolute atomic E-state index is 0.232. The summed E-state index contributed by atoms with van der Waals surface area (Å²) < 4.78 is 5.57. The molecule has 1 aromatic heterocycles. The fourth-order valence-electron chi connectivity index (χ4n) is 3.62. The van der Waals surface area contributed by atoms with Crippen LogP contribution in [0.4, 0.5) is 0 Å². The van der Waals surface area contributed by atoms with Gasteiger partial charge in [-0.25, -0.2) is 0 Å². The van der Waals surface area contributed by atoms with E-state index in [1.807, 2.05) is 66.7 Å². The van der Waals surface area contributed by atoms with Gasteiger partial charge in [-0.1, -0.05) is 60.7 Å². The number of fused-ring (bicyclic) bond motifs is 2. The SMILES string of the molecule is O=C1Oc2cccc(-c3ccccc3)c2C1c1cc2ccccc2[nH]1. The second-order valence-corrected chi connectivity index (χ2v) is 6.25. The number of hydrogen-bond donors (Lipinski definition) is 1. The number of H-pyrrole nitrogens is 1. The molecule has 3 heteroatoms. The van der Waals surface area contributed by atoms with Crippen LogP contribution in [0.1, 0.15) is 17.2 Å². The van der Waals surface area contributed by atoms with Gasteiger partial charge in [0.1, 0.15) is 11.7 Å². The van der Waals surface area contributed by atoms with E-state index in [-0.39, 0.29) is 5.97 Å². The molecule has 25 heavy (non-hydrogen) atoms. The van der Waals surface area contributed by atoms with Gasteiger partial charge in [0, 0.05) is 16.8 Å². The van der Waals surface area contributed by atoms with Crippen molar-refractivity contribution in [3.05, 3.63) is 90.1 Å². The van der Waals surface area contributed by atoms with Gasteiger partial charge in [0.2, 0.25) is 0 Å². The van der Waals surface area contributed by atoms with Crippen molar-refractivity contribution in [3.63, 3.8) is 0 Å². The highest BCUT2D eigenvalue weighted by Crippen LogP contribution is 2.44.